The second-order valence-corrected chi connectivity index (χ2v) is 6.92. The lowest BCUT2D eigenvalue weighted by atomic mass is 10.2. The number of nitrogens with zero attached hydrogens (tertiary/aromatic N) is 1. The Balaban J connectivity index is 2.17. The fourth-order valence-electron chi connectivity index (χ4n) is 2.26. The number of benzene rings is 1. The highest BCUT2D eigenvalue weighted by Crippen LogP contribution is 2.20. The lowest BCUT2D eigenvalue weighted by molar-refractivity contribution is -0.136. The van der Waals surface area contributed by atoms with E-state index < -0.39 is 16.0 Å². The quantitative estimate of drug-likeness (QED) is 0.880. The van der Waals surface area contributed by atoms with Gasteiger partial charge in [0.25, 0.3) is 0 Å². The number of carboxylic acids is 1. The second kappa shape index (κ2) is 6.55. The minimum absolute atomic E-state index is 0.0696. The molecule has 0 spiro atoms. The molecule has 1 saturated heterocycles. The van der Waals surface area contributed by atoms with E-state index in [-0.39, 0.29) is 17.4 Å². The molecule has 116 valence electrons. The van der Waals surface area contributed by atoms with Gasteiger partial charge in [-0.25, -0.2) is 8.42 Å². The number of carboxylic acid groups (broad SMARTS) is 1. The molecule has 0 amide bonds. The van der Waals surface area contributed by atoms with Crippen LogP contribution in [-0.4, -0.2) is 49.6 Å². The van der Waals surface area contributed by atoms with Gasteiger partial charge >= 0.3 is 5.97 Å². The zero-order chi connectivity index (χ0) is 15.5. The summed E-state index contributed by atoms with van der Waals surface area (Å²) in [6, 6.07) is 6.01. The van der Waals surface area contributed by atoms with Gasteiger partial charge in [-0.3, -0.25) is 4.79 Å². The van der Waals surface area contributed by atoms with E-state index in [2.05, 4.69) is 0 Å². The number of ether oxygens (including phenoxy) is 1. The first kappa shape index (κ1) is 15.9. The van der Waals surface area contributed by atoms with Gasteiger partial charge in [-0.2, -0.15) is 4.31 Å². The van der Waals surface area contributed by atoms with Crippen LogP contribution in [0, 0.1) is 0 Å². The summed E-state index contributed by atoms with van der Waals surface area (Å²) >= 11 is 0. The molecule has 0 bridgehead atoms. The molecular formula is C14H19NO5S. The van der Waals surface area contributed by atoms with Crippen LogP contribution in [-0.2, 0) is 26.0 Å². The van der Waals surface area contributed by atoms with Crippen LogP contribution in [0.1, 0.15) is 18.9 Å². The van der Waals surface area contributed by atoms with E-state index in [4.69, 9.17) is 9.84 Å². The average molecular weight is 313 g/mol. The highest BCUT2D eigenvalue weighted by atomic mass is 32.2. The van der Waals surface area contributed by atoms with E-state index in [1.54, 1.807) is 12.1 Å². The van der Waals surface area contributed by atoms with Crippen molar-refractivity contribution in [3.05, 3.63) is 29.8 Å². The molecule has 7 heteroatoms. The molecule has 21 heavy (non-hydrogen) atoms. The molecular weight excluding hydrogens is 294 g/mol. The summed E-state index contributed by atoms with van der Waals surface area (Å²) in [5.74, 6) is -0.940. The molecule has 0 aromatic heterocycles. The van der Waals surface area contributed by atoms with E-state index >= 15 is 0 Å². The van der Waals surface area contributed by atoms with Crippen LogP contribution in [0.2, 0.25) is 0 Å². The molecule has 0 aliphatic carbocycles. The Morgan fingerprint density at radius 1 is 1.38 bits per heavy atom. The molecule has 0 saturated carbocycles. The Labute approximate surface area is 124 Å². The molecule has 1 N–H and O–H groups in total. The van der Waals surface area contributed by atoms with Gasteiger partial charge in [-0.1, -0.05) is 19.1 Å². The smallest absolute Gasteiger partial charge is 0.307 e. The summed E-state index contributed by atoms with van der Waals surface area (Å²) < 4.78 is 32.0. The van der Waals surface area contributed by atoms with Crippen molar-refractivity contribution in [1.29, 1.82) is 0 Å². The molecule has 6 nitrogen and oxygen atoms in total. The fourth-order valence-corrected chi connectivity index (χ4v) is 3.72. The molecule has 1 atom stereocenters. The van der Waals surface area contributed by atoms with Crippen LogP contribution in [0.3, 0.4) is 0 Å². The third-order valence-corrected chi connectivity index (χ3v) is 5.35. The van der Waals surface area contributed by atoms with Crippen molar-refractivity contribution in [2.75, 3.05) is 19.7 Å². The van der Waals surface area contributed by atoms with Crippen LogP contribution >= 0.6 is 0 Å². The number of carbonyl (C=O) groups is 1. The first-order valence-electron chi connectivity index (χ1n) is 6.86. The first-order chi connectivity index (χ1) is 9.93. The van der Waals surface area contributed by atoms with Crippen molar-refractivity contribution in [2.24, 2.45) is 0 Å². The average Bonchev–Trinajstić information content (AvgIpc) is 2.47. The van der Waals surface area contributed by atoms with Gasteiger partial charge in [-0.15, -0.1) is 0 Å². The van der Waals surface area contributed by atoms with Gasteiger partial charge in [-0.05, 0) is 24.1 Å². The summed E-state index contributed by atoms with van der Waals surface area (Å²) in [4.78, 5) is 10.8. The van der Waals surface area contributed by atoms with Crippen LogP contribution in [0.25, 0.3) is 0 Å². The van der Waals surface area contributed by atoms with Crippen LogP contribution in [0.5, 0.6) is 0 Å². The normalized spacial score (nSPS) is 20.3. The monoisotopic (exact) mass is 313 g/mol. The minimum Gasteiger partial charge on any atom is -0.481 e. The largest absolute Gasteiger partial charge is 0.481 e. The second-order valence-electron chi connectivity index (χ2n) is 4.98. The van der Waals surface area contributed by atoms with Crippen molar-refractivity contribution < 1.29 is 23.1 Å². The molecule has 1 aromatic carbocycles. The summed E-state index contributed by atoms with van der Waals surface area (Å²) in [6.45, 7) is 3.06. The molecule has 1 heterocycles. The predicted octanol–water partition coefficient (Wildman–Crippen LogP) is 1.11. The minimum atomic E-state index is -3.54. The number of aliphatic carboxylic acids is 1. The lowest BCUT2D eigenvalue weighted by Crippen LogP contribution is -2.45. The molecule has 0 radical (unpaired) electrons. The number of hydrogen-bond donors (Lipinski definition) is 1. The van der Waals surface area contributed by atoms with Crippen LogP contribution in [0.4, 0.5) is 0 Å². The van der Waals surface area contributed by atoms with Crippen molar-refractivity contribution in [3.8, 4) is 0 Å². The summed E-state index contributed by atoms with van der Waals surface area (Å²) in [7, 11) is -3.54. The maximum Gasteiger partial charge on any atom is 0.307 e. The number of morpholine rings is 1. The third-order valence-electron chi connectivity index (χ3n) is 3.47. The van der Waals surface area contributed by atoms with Gasteiger partial charge in [0.05, 0.1) is 24.0 Å². The number of rotatable bonds is 5. The first-order valence-corrected chi connectivity index (χ1v) is 8.30. The third kappa shape index (κ3) is 3.81. The van der Waals surface area contributed by atoms with Crippen molar-refractivity contribution in [2.45, 2.75) is 30.8 Å². The van der Waals surface area contributed by atoms with Gasteiger partial charge in [0.1, 0.15) is 0 Å². The van der Waals surface area contributed by atoms with E-state index in [0.29, 0.717) is 25.3 Å². The molecule has 2 rings (SSSR count). The zero-order valence-electron chi connectivity index (χ0n) is 11.9. The van der Waals surface area contributed by atoms with Gasteiger partial charge in [0.2, 0.25) is 10.0 Å². The van der Waals surface area contributed by atoms with E-state index in [1.165, 1.54) is 16.4 Å². The predicted molar refractivity (Wildman–Crippen MR) is 76.6 cm³/mol. The van der Waals surface area contributed by atoms with Crippen LogP contribution in [0.15, 0.2) is 29.2 Å². The lowest BCUT2D eigenvalue weighted by Gasteiger charge is -2.31. The number of hydrogen-bond acceptors (Lipinski definition) is 4. The Morgan fingerprint density at radius 2 is 2.05 bits per heavy atom. The Kier molecular flexibility index (Phi) is 4.97. The topological polar surface area (TPSA) is 83.9 Å². The van der Waals surface area contributed by atoms with Crippen molar-refractivity contribution in [3.63, 3.8) is 0 Å². The summed E-state index contributed by atoms with van der Waals surface area (Å²) in [5, 5.41) is 8.72. The maximum atomic E-state index is 12.5. The van der Waals surface area contributed by atoms with E-state index in [0.717, 1.165) is 6.42 Å². The van der Waals surface area contributed by atoms with E-state index in [9.17, 15) is 13.2 Å². The SMILES string of the molecule is CCC1CN(S(=O)(=O)c2ccc(CC(=O)O)cc2)CCO1. The molecule has 1 unspecified atom stereocenters. The summed E-state index contributed by atoms with van der Waals surface area (Å²) in [6.07, 6.45) is 0.583. The van der Waals surface area contributed by atoms with Crippen molar-refractivity contribution >= 4 is 16.0 Å². The molecule has 1 fully saturated rings. The van der Waals surface area contributed by atoms with Gasteiger partial charge in [0, 0.05) is 13.1 Å². The molecule has 1 aromatic rings. The fraction of sp³-hybridized carbons (Fsp3) is 0.500. The standard InChI is InChI=1S/C14H19NO5S/c1-2-12-10-15(7-8-20-12)21(18,19)13-5-3-11(4-6-13)9-14(16)17/h3-6,12H,2,7-10H2,1H3,(H,16,17). The van der Waals surface area contributed by atoms with Crippen LogP contribution < -0.4 is 0 Å². The Bertz CT molecular complexity index is 596. The van der Waals surface area contributed by atoms with E-state index in [1.807, 2.05) is 6.92 Å². The Morgan fingerprint density at radius 3 is 2.62 bits per heavy atom. The molecule has 1 aliphatic rings. The number of sulfonamides is 1. The summed E-state index contributed by atoms with van der Waals surface area (Å²) in [5.41, 5.74) is 0.579. The molecule has 1 aliphatic heterocycles. The van der Waals surface area contributed by atoms with Crippen molar-refractivity contribution in [1.82, 2.24) is 4.31 Å². The Hall–Kier alpha value is -1.44. The van der Waals surface area contributed by atoms with Gasteiger partial charge in [0.15, 0.2) is 0 Å². The zero-order valence-corrected chi connectivity index (χ0v) is 12.7. The maximum absolute atomic E-state index is 12.5. The highest BCUT2D eigenvalue weighted by molar-refractivity contribution is 7.89. The highest BCUT2D eigenvalue weighted by Gasteiger charge is 2.29. The van der Waals surface area contributed by atoms with Gasteiger partial charge < -0.3 is 9.84 Å².